The Bertz CT molecular complexity index is 854. The van der Waals surface area contributed by atoms with E-state index in [1.165, 1.54) is 11.3 Å². The number of benzene rings is 1. The minimum Gasteiger partial charge on any atom is -0.341 e. The molecule has 0 radical (unpaired) electrons. The molecule has 1 fully saturated rings. The van der Waals surface area contributed by atoms with Gasteiger partial charge in [-0.05, 0) is 25.3 Å². The molecule has 0 spiro atoms. The molecule has 1 aliphatic heterocycles. The average Bonchev–Trinajstić information content (AvgIpc) is 3.18. The molecule has 140 valence electrons. The number of hydrogen-bond acceptors (Lipinski definition) is 6. The second-order valence-corrected chi connectivity index (χ2v) is 8.05. The Kier molecular flexibility index (Phi) is 5.45. The lowest BCUT2D eigenvalue weighted by atomic mass is 10.0. The van der Waals surface area contributed by atoms with Gasteiger partial charge in [0.25, 0.3) is 0 Å². The van der Waals surface area contributed by atoms with Gasteiger partial charge in [0.05, 0.1) is 5.69 Å². The van der Waals surface area contributed by atoms with Crippen LogP contribution in [-0.2, 0) is 6.54 Å². The summed E-state index contributed by atoms with van der Waals surface area (Å²) in [6.07, 6.45) is 6.04. The number of aryl methyl sites for hydroxylation is 1. The molecule has 4 rings (SSSR count). The fraction of sp³-hybridized carbons (Fsp3) is 0.381. The lowest BCUT2D eigenvalue weighted by Crippen LogP contribution is -2.43. The fourth-order valence-electron chi connectivity index (χ4n) is 3.52. The maximum atomic E-state index is 4.83. The molecule has 1 saturated heterocycles. The standard InChI is InChI=1S/C21H25N5S/c1-16-12-22-21(23-13-16)25(2)19-8-10-26(11-9-19)14-18-15-27-20(24-18)17-6-4-3-5-7-17/h3-7,12-13,15,19H,8-11,14H2,1-2H3. The van der Waals surface area contributed by atoms with Gasteiger partial charge in [-0.25, -0.2) is 15.0 Å². The smallest absolute Gasteiger partial charge is 0.225 e. The van der Waals surface area contributed by atoms with Gasteiger partial charge in [-0.15, -0.1) is 11.3 Å². The number of aromatic nitrogens is 3. The molecule has 2 aromatic heterocycles. The lowest BCUT2D eigenvalue weighted by Gasteiger charge is -2.36. The maximum absolute atomic E-state index is 4.83. The fourth-order valence-corrected chi connectivity index (χ4v) is 4.33. The summed E-state index contributed by atoms with van der Waals surface area (Å²) in [5.74, 6) is 0.825. The number of piperidine rings is 1. The topological polar surface area (TPSA) is 45.2 Å². The van der Waals surface area contributed by atoms with Gasteiger partial charge in [-0.2, -0.15) is 0 Å². The summed E-state index contributed by atoms with van der Waals surface area (Å²) in [7, 11) is 2.11. The van der Waals surface area contributed by atoms with E-state index in [0.29, 0.717) is 6.04 Å². The van der Waals surface area contributed by atoms with Crippen molar-refractivity contribution in [3.8, 4) is 10.6 Å². The monoisotopic (exact) mass is 379 g/mol. The predicted octanol–water partition coefficient (Wildman–Crippen LogP) is 4.01. The molecule has 0 unspecified atom stereocenters. The lowest BCUT2D eigenvalue weighted by molar-refractivity contribution is 0.201. The number of rotatable bonds is 5. The van der Waals surface area contributed by atoms with Crippen molar-refractivity contribution in [2.45, 2.75) is 32.4 Å². The van der Waals surface area contributed by atoms with E-state index in [4.69, 9.17) is 4.98 Å². The minimum atomic E-state index is 0.499. The Balaban J connectivity index is 1.32. The van der Waals surface area contributed by atoms with Gasteiger partial charge in [0.15, 0.2) is 0 Å². The predicted molar refractivity (Wildman–Crippen MR) is 111 cm³/mol. The van der Waals surface area contributed by atoms with Gasteiger partial charge in [0.2, 0.25) is 5.95 Å². The van der Waals surface area contributed by atoms with Crippen molar-refractivity contribution in [3.63, 3.8) is 0 Å². The van der Waals surface area contributed by atoms with Crippen molar-refractivity contribution in [2.75, 3.05) is 25.0 Å². The molecule has 0 N–H and O–H groups in total. The molecule has 0 bridgehead atoms. The van der Waals surface area contributed by atoms with E-state index in [0.717, 1.165) is 49.0 Å². The van der Waals surface area contributed by atoms with Crippen LogP contribution in [-0.4, -0.2) is 46.0 Å². The molecule has 1 aliphatic rings. The molecule has 0 aliphatic carbocycles. The summed E-state index contributed by atoms with van der Waals surface area (Å²) in [5.41, 5.74) is 3.47. The minimum absolute atomic E-state index is 0.499. The van der Waals surface area contributed by atoms with Crippen molar-refractivity contribution in [2.24, 2.45) is 0 Å². The van der Waals surface area contributed by atoms with E-state index in [-0.39, 0.29) is 0 Å². The van der Waals surface area contributed by atoms with Crippen LogP contribution in [0, 0.1) is 6.92 Å². The van der Waals surface area contributed by atoms with Gasteiger partial charge in [-0.3, -0.25) is 4.90 Å². The molecule has 3 heterocycles. The molecule has 0 atom stereocenters. The Morgan fingerprint density at radius 3 is 2.52 bits per heavy atom. The molecule has 27 heavy (non-hydrogen) atoms. The molecular formula is C21H25N5S. The highest BCUT2D eigenvalue weighted by atomic mass is 32.1. The zero-order valence-electron chi connectivity index (χ0n) is 15.9. The van der Waals surface area contributed by atoms with Crippen molar-refractivity contribution in [1.82, 2.24) is 19.9 Å². The van der Waals surface area contributed by atoms with Crippen LogP contribution in [0.4, 0.5) is 5.95 Å². The van der Waals surface area contributed by atoms with E-state index in [2.05, 4.69) is 56.5 Å². The number of nitrogens with zero attached hydrogens (tertiary/aromatic N) is 5. The Morgan fingerprint density at radius 2 is 1.81 bits per heavy atom. The zero-order valence-corrected chi connectivity index (χ0v) is 16.7. The van der Waals surface area contributed by atoms with Crippen molar-refractivity contribution < 1.29 is 0 Å². The van der Waals surface area contributed by atoms with Gasteiger partial charge in [0, 0.05) is 56.1 Å². The molecule has 5 nitrogen and oxygen atoms in total. The van der Waals surface area contributed by atoms with Crippen LogP contribution in [0.5, 0.6) is 0 Å². The largest absolute Gasteiger partial charge is 0.341 e. The van der Waals surface area contributed by atoms with Crippen LogP contribution in [0.25, 0.3) is 10.6 Å². The van der Waals surface area contributed by atoms with Crippen molar-refractivity contribution >= 4 is 17.3 Å². The summed E-state index contributed by atoms with van der Waals surface area (Å²) >= 11 is 1.73. The second-order valence-electron chi connectivity index (χ2n) is 7.19. The van der Waals surface area contributed by atoms with Crippen LogP contribution in [0.1, 0.15) is 24.1 Å². The Morgan fingerprint density at radius 1 is 1.11 bits per heavy atom. The Hall–Kier alpha value is -2.31. The Labute approximate surface area is 164 Å². The van der Waals surface area contributed by atoms with Crippen LogP contribution >= 0.6 is 11.3 Å². The molecule has 0 saturated carbocycles. The average molecular weight is 380 g/mol. The SMILES string of the molecule is Cc1cnc(N(C)C2CCN(Cc3csc(-c4ccccc4)n3)CC2)nc1. The first kappa shape index (κ1) is 18.1. The second kappa shape index (κ2) is 8.15. The highest BCUT2D eigenvalue weighted by molar-refractivity contribution is 7.13. The van der Waals surface area contributed by atoms with Gasteiger partial charge >= 0.3 is 0 Å². The summed E-state index contributed by atoms with van der Waals surface area (Å²) in [6.45, 7) is 5.11. The van der Waals surface area contributed by atoms with Crippen LogP contribution < -0.4 is 4.90 Å². The van der Waals surface area contributed by atoms with E-state index in [9.17, 15) is 0 Å². The van der Waals surface area contributed by atoms with E-state index in [1.54, 1.807) is 11.3 Å². The summed E-state index contributed by atoms with van der Waals surface area (Å²) in [5, 5.41) is 3.30. The van der Waals surface area contributed by atoms with Crippen LogP contribution in [0.15, 0.2) is 48.1 Å². The highest BCUT2D eigenvalue weighted by Crippen LogP contribution is 2.25. The molecular weight excluding hydrogens is 354 g/mol. The van der Waals surface area contributed by atoms with E-state index >= 15 is 0 Å². The summed E-state index contributed by atoms with van der Waals surface area (Å²) < 4.78 is 0. The van der Waals surface area contributed by atoms with Gasteiger partial charge in [-0.1, -0.05) is 30.3 Å². The zero-order chi connectivity index (χ0) is 18.6. The maximum Gasteiger partial charge on any atom is 0.225 e. The first-order valence-electron chi connectivity index (χ1n) is 9.43. The van der Waals surface area contributed by atoms with Crippen molar-refractivity contribution in [1.29, 1.82) is 0 Å². The van der Waals surface area contributed by atoms with Crippen LogP contribution in [0.2, 0.25) is 0 Å². The van der Waals surface area contributed by atoms with Gasteiger partial charge in [0.1, 0.15) is 5.01 Å². The highest BCUT2D eigenvalue weighted by Gasteiger charge is 2.24. The molecule has 1 aromatic carbocycles. The van der Waals surface area contributed by atoms with E-state index < -0.39 is 0 Å². The first-order valence-corrected chi connectivity index (χ1v) is 10.3. The van der Waals surface area contributed by atoms with Gasteiger partial charge < -0.3 is 4.90 Å². The number of anilines is 1. The molecule has 3 aromatic rings. The summed E-state index contributed by atoms with van der Waals surface area (Å²) in [4.78, 5) is 18.5. The number of hydrogen-bond donors (Lipinski definition) is 0. The normalized spacial score (nSPS) is 15.8. The molecule has 0 amide bonds. The van der Waals surface area contributed by atoms with Crippen molar-refractivity contribution in [3.05, 3.63) is 59.4 Å². The molecule has 6 heteroatoms. The quantitative estimate of drug-likeness (QED) is 0.670. The third-order valence-corrected chi connectivity index (χ3v) is 6.09. The third kappa shape index (κ3) is 4.34. The number of likely N-dealkylation sites (tertiary alicyclic amines) is 1. The first-order chi connectivity index (χ1) is 13.2. The van der Waals surface area contributed by atoms with Crippen LogP contribution in [0.3, 0.4) is 0 Å². The summed E-state index contributed by atoms with van der Waals surface area (Å²) in [6, 6.07) is 10.9. The number of thiazole rings is 1. The third-order valence-electron chi connectivity index (χ3n) is 5.15. The van der Waals surface area contributed by atoms with E-state index in [1.807, 2.05) is 25.4 Å².